The average Bonchev–Trinajstić information content (AvgIpc) is 2.93. The summed E-state index contributed by atoms with van der Waals surface area (Å²) >= 11 is 12.0. The molecule has 0 atom stereocenters. The van der Waals surface area contributed by atoms with E-state index in [1.54, 1.807) is 48.5 Å². The molecule has 0 spiro atoms. The maximum atomic E-state index is 13.4. The zero-order valence-corrected chi connectivity index (χ0v) is 23.0. The second-order valence-corrected chi connectivity index (χ2v) is 11.3. The number of hydrogen-bond donors (Lipinski definition) is 1. The van der Waals surface area contributed by atoms with Crippen molar-refractivity contribution in [2.75, 3.05) is 6.54 Å². The van der Waals surface area contributed by atoms with E-state index < -0.39 is 22.5 Å². The van der Waals surface area contributed by atoms with Gasteiger partial charge in [0, 0.05) is 16.6 Å². The molecule has 0 heterocycles. The number of hydrazone groups is 1. The summed E-state index contributed by atoms with van der Waals surface area (Å²) in [5, 5.41) is 4.84. The first kappa shape index (κ1) is 28.3. The van der Waals surface area contributed by atoms with Gasteiger partial charge in [-0.15, -0.1) is 0 Å². The van der Waals surface area contributed by atoms with Crippen LogP contribution in [0.25, 0.3) is 0 Å². The van der Waals surface area contributed by atoms with Gasteiger partial charge < -0.3 is 4.74 Å². The van der Waals surface area contributed by atoms with Crippen LogP contribution in [0.15, 0.2) is 113 Å². The molecule has 0 fully saturated rings. The third-order valence-electron chi connectivity index (χ3n) is 5.55. The zero-order valence-electron chi connectivity index (χ0n) is 20.7. The van der Waals surface area contributed by atoms with Crippen LogP contribution in [-0.4, -0.2) is 31.4 Å². The molecule has 0 aliphatic rings. The number of nitrogens with one attached hydrogen (secondary N) is 1. The van der Waals surface area contributed by atoms with Gasteiger partial charge in [0.1, 0.15) is 12.4 Å². The number of rotatable bonds is 11. The van der Waals surface area contributed by atoms with E-state index in [1.165, 1.54) is 30.5 Å². The Bertz CT molecular complexity index is 1530. The molecule has 4 aromatic rings. The normalized spacial score (nSPS) is 11.6. The summed E-state index contributed by atoms with van der Waals surface area (Å²) in [5.74, 6) is 0.0951. The summed E-state index contributed by atoms with van der Waals surface area (Å²) in [7, 11) is -4.03. The molecule has 10 heteroatoms. The summed E-state index contributed by atoms with van der Waals surface area (Å²) in [4.78, 5) is 12.7. The lowest BCUT2D eigenvalue weighted by atomic mass is 10.2. The Balaban J connectivity index is 1.39. The molecule has 7 nitrogen and oxygen atoms in total. The Labute approximate surface area is 237 Å². The van der Waals surface area contributed by atoms with Crippen LogP contribution in [-0.2, 0) is 28.0 Å². The van der Waals surface area contributed by atoms with Gasteiger partial charge in [0.25, 0.3) is 5.91 Å². The van der Waals surface area contributed by atoms with Crippen LogP contribution in [0.3, 0.4) is 0 Å². The van der Waals surface area contributed by atoms with Gasteiger partial charge in [0.15, 0.2) is 0 Å². The molecule has 1 amide bonds. The van der Waals surface area contributed by atoms with Crippen LogP contribution in [0.2, 0.25) is 10.0 Å². The molecule has 0 aromatic heterocycles. The average molecular weight is 583 g/mol. The van der Waals surface area contributed by atoms with Crippen molar-refractivity contribution in [3.05, 3.63) is 130 Å². The number of sulfonamides is 1. The lowest BCUT2D eigenvalue weighted by Gasteiger charge is -2.21. The minimum Gasteiger partial charge on any atom is -0.489 e. The van der Waals surface area contributed by atoms with Crippen molar-refractivity contribution in [2.24, 2.45) is 5.10 Å². The maximum absolute atomic E-state index is 13.4. The fraction of sp³-hybridized carbons (Fsp3) is 0.103. The Morgan fingerprint density at radius 3 is 2.23 bits per heavy atom. The van der Waals surface area contributed by atoms with E-state index in [2.05, 4.69) is 10.5 Å². The highest BCUT2D eigenvalue weighted by molar-refractivity contribution is 7.89. The molecular formula is C29H25Cl2N3O4S. The van der Waals surface area contributed by atoms with Gasteiger partial charge in [-0.05, 0) is 77.4 Å². The van der Waals surface area contributed by atoms with Crippen molar-refractivity contribution in [1.29, 1.82) is 0 Å². The quantitative estimate of drug-likeness (QED) is 0.176. The molecule has 0 radical (unpaired) electrons. The molecule has 1 N–H and O–H groups in total. The highest BCUT2D eigenvalue weighted by Gasteiger charge is 2.27. The summed E-state index contributed by atoms with van der Waals surface area (Å²) in [6, 6.07) is 29.6. The van der Waals surface area contributed by atoms with Crippen molar-refractivity contribution >= 4 is 45.3 Å². The molecule has 0 aliphatic heterocycles. The fourth-order valence-corrected chi connectivity index (χ4v) is 5.31. The smallest absolute Gasteiger partial charge is 0.255 e. The molecule has 0 bridgehead atoms. The zero-order chi connectivity index (χ0) is 27.7. The van der Waals surface area contributed by atoms with Crippen molar-refractivity contribution in [3.63, 3.8) is 0 Å². The SMILES string of the molecule is O=C(CN(Cc1cccc(Cl)c1)S(=O)(=O)c1ccc(Cl)cc1)N/N=C\c1ccc(OCc2ccccc2)cc1. The van der Waals surface area contributed by atoms with Crippen LogP contribution in [0.1, 0.15) is 16.7 Å². The summed E-state index contributed by atoms with van der Waals surface area (Å²) in [6.45, 7) is -0.0663. The van der Waals surface area contributed by atoms with Crippen LogP contribution in [0.4, 0.5) is 0 Å². The van der Waals surface area contributed by atoms with Gasteiger partial charge in [-0.25, -0.2) is 13.8 Å². The minimum atomic E-state index is -4.03. The molecule has 0 saturated carbocycles. The highest BCUT2D eigenvalue weighted by Crippen LogP contribution is 2.21. The Hall–Kier alpha value is -3.69. The molecule has 4 aromatic carbocycles. The van der Waals surface area contributed by atoms with Crippen LogP contribution in [0, 0.1) is 0 Å². The first-order valence-corrected chi connectivity index (χ1v) is 14.1. The number of halogens is 2. The van der Waals surface area contributed by atoms with E-state index in [0.29, 0.717) is 28.0 Å². The maximum Gasteiger partial charge on any atom is 0.255 e. The second kappa shape index (κ2) is 13.4. The second-order valence-electron chi connectivity index (χ2n) is 8.49. The predicted molar refractivity (Wildman–Crippen MR) is 153 cm³/mol. The summed E-state index contributed by atoms with van der Waals surface area (Å²) < 4.78 is 33.6. The van der Waals surface area contributed by atoms with E-state index in [-0.39, 0.29) is 11.4 Å². The topological polar surface area (TPSA) is 88.1 Å². The first-order valence-electron chi connectivity index (χ1n) is 11.9. The molecular weight excluding hydrogens is 557 g/mol. The van der Waals surface area contributed by atoms with Gasteiger partial charge in [-0.2, -0.15) is 9.41 Å². The lowest BCUT2D eigenvalue weighted by Crippen LogP contribution is -2.39. The third kappa shape index (κ3) is 8.40. The van der Waals surface area contributed by atoms with Gasteiger partial charge in [0.05, 0.1) is 17.7 Å². The molecule has 200 valence electrons. The van der Waals surface area contributed by atoms with E-state index in [9.17, 15) is 13.2 Å². The van der Waals surface area contributed by atoms with E-state index in [0.717, 1.165) is 15.4 Å². The monoisotopic (exact) mass is 581 g/mol. The van der Waals surface area contributed by atoms with Crippen molar-refractivity contribution in [3.8, 4) is 5.75 Å². The number of ether oxygens (including phenoxy) is 1. The van der Waals surface area contributed by atoms with Gasteiger partial charge >= 0.3 is 0 Å². The van der Waals surface area contributed by atoms with Gasteiger partial charge in [-0.1, -0.05) is 65.7 Å². The molecule has 4 rings (SSSR count). The number of hydrogen-bond acceptors (Lipinski definition) is 5. The largest absolute Gasteiger partial charge is 0.489 e. The van der Waals surface area contributed by atoms with Crippen molar-refractivity contribution in [1.82, 2.24) is 9.73 Å². The van der Waals surface area contributed by atoms with Gasteiger partial charge in [0.2, 0.25) is 10.0 Å². The Morgan fingerprint density at radius 1 is 0.846 bits per heavy atom. The predicted octanol–water partition coefficient (Wildman–Crippen LogP) is 5.91. The molecule has 0 saturated heterocycles. The summed E-state index contributed by atoms with van der Waals surface area (Å²) in [6.07, 6.45) is 1.47. The van der Waals surface area contributed by atoms with Crippen molar-refractivity contribution in [2.45, 2.75) is 18.0 Å². The van der Waals surface area contributed by atoms with E-state index in [4.69, 9.17) is 27.9 Å². The summed E-state index contributed by atoms with van der Waals surface area (Å²) in [5.41, 5.74) is 4.82. The highest BCUT2D eigenvalue weighted by atomic mass is 35.5. The van der Waals surface area contributed by atoms with E-state index >= 15 is 0 Å². The number of nitrogens with zero attached hydrogens (tertiary/aromatic N) is 2. The minimum absolute atomic E-state index is 0.0137. The molecule has 0 aliphatic carbocycles. The van der Waals surface area contributed by atoms with Crippen LogP contribution >= 0.6 is 23.2 Å². The number of carbonyl (C=O) groups excluding carboxylic acids is 1. The standard InChI is InChI=1S/C29H25Cl2N3O4S/c30-25-11-15-28(16-12-25)39(36,37)34(19-24-7-4-8-26(31)17-24)20-29(35)33-32-18-22-9-13-27(14-10-22)38-21-23-5-2-1-3-6-23/h1-18H,19-21H2,(H,33,35)/b32-18-. The fourth-order valence-electron chi connectivity index (χ4n) is 3.59. The lowest BCUT2D eigenvalue weighted by molar-refractivity contribution is -0.121. The number of carbonyl (C=O) groups is 1. The van der Waals surface area contributed by atoms with Gasteiger partial charge in [-0.3, -0.25) is 4.79 Å². The number of amides is 1. The molecule has 39 heavy (non-hydrogen) atoms. The van der Waals surface area contributed by atoms with Crippen LogP contribution < -0.4 is 10.2 Å². The Morgan fingerprint density at radius 2 is 1.54 bits per heavy atom. The molecule has 0 unspecified atom stereocenters. The number of benzene rings is 4. The first-order chi connectivity index (χ1) is 18.8. The van der Waals surface area contributed by atoms with Crippen LogP contribution in [0.5, 0.6) is 5.75 Å². The van der Waals surface area contributed by atoms with E-state index in [1.807, 2.05) is 30.3 Å². The van der Waals surface area contributed by atoms with Crippen molar-refractivity contribution < 1.29 is 17.9 Å². The Kier molecular flexibility index (Phi) is 9.73. The third-order valence-corrected chi connectivity index (χ3v) is 7.84.